The van der Waals surface area contributed by atoms with Crippen LogP contribution in [0.15, 0.2) is 72.8 Å². The maximum Gasteiger partial charge on any atom is 0.343 e. The Hall–Kier alpha value is -3.27. The highest BCUT2D eigenvalue weighted by Gasteiger charge is 2.08. The number of phenols is 1. The molecule has 4 nitrogen and oxygen atoms in total. The van der Waals surface area contributed by atoms with Crippen molar-refractivity contribution < 1.29 is 19.4 Å². The van der Waals surface area contributed by atoms with Gasteiger partial charge in [-0.1, -0.05) is 24.3 Å². The molecule has 0 atom stereocenters. The van der Waals surface area contributed by atoms with Gasteiger partial charge in [0.2, 0.25) is 0 Å². The third-order valence-electron chi connectivity index (χ3n) is 4.17. The number of hydrogen-bond acceptors (Lipinski definition) is 4. The van der Waals surface area contributed by atoms with Crippen molar-refractivity contribution in [1.82, 2.24) is 0 Å². The van der Waals surface area contributed by atoms with Gasteiger partial charge >= 0.3 is 5.97 Å². The molecular formula is C23H22O4. The summed E-state index contributed by atoms with van der Waals surface area (Å²) in [5.41, 5.74) is 2.90. The number of aromatic hydroxyl groups is 1. The van der Waals surface area contributed by atoms with Gasteiger partial charge < -0.3 is 14.6 Å². The summed E-state index contributed by atoms with van der Waals surface area (Å²) in [6.45, 7) is 2.64. The quantitative estimate of drug-likeness (QED) is 0.485. The average Bonchev–Trinajstić information content (AvgIpc) is 2.70. The van der Waals surface area contributed by atoms with Crippen molar-refractivity contribution in [3.63, 3.8) is 0 Å². The Morgan fingerprint density at radius 1 is 0.778 bits per heavy atom. The standard InChI is InChI=1S/C23H22O4/c1-2-26-21-13-7-18(8-14-21)4-3-17-5-9-19(10-6-17)23(25)27-22-15-11-20(24)12-16-22/h5-16,24H,2-4H2,1H3. The molecule has 0 fully saturated rings. The SMILES string of the molecule is CCOc1ccc(CCc2ccc(C(=O)Oc3ccc(O)cc3)cc2)cc1. The van der Waals surface area contributed by atoms with Crippen LogP contribution in [0.5, 0.6) is 17.2 Å². The largest absolute Gasteiger partial charge is 0.508 e. The van der Waals surface area contributed by atoms with Crippen LogP contribution < -0.4 is 9.47 Å². The van der Waals surface area contributed by atoms with E-state index in [0.717, 1.165) is 24.2 Å². The maximum atomic E-state index is 12.2. The Morgan fingerprint density at radius 3 is 1.85 bits per heavy atom. The highest BCUT2D eigenvalue weighted by molar-refractivity contribution is 5.91. The summed E-state index contributed by atoms with van der Waals surface area (Å²) < 4.78 is 10.7. The first-order chi connectivity index (χ1) is 13.1. The van der Waals surface area contributed by atoms with Gasteiger partial charge in [-0.05, 0) is 79.4 Å². The summed E-state index contributed by atoms with van der Waals surface area (Å²) in [6, 6.07) is 21.6. The Kier molecular flexibility index (Phi) is 6.10. The molecule has 0 saturated heterocycles. The molecule has 0 aromatic heterocycles. The number of rotatable bonds is 7. The molecule has 0 saturated carbocycles. The third kappa shape index (κ3) is 5.35. The first-order valence-electron chi connectivity index (χ1n) is 8.96. The predicted octanol–water partition coefficient (Wildman–Crippen LogP) is 4.80. The number of esters is 1. The molecule has 0 aliphatic heterocycles. The van der Waals surface area contributed by atoms with E-state index < -0.39 is 5.97 Å². The van der Waals surface area contributed by atoms with Crippen molar-refractivity contribution in [2.24, 2.45) is 0 Å². The van der Waals surface area contributed by atoms with Crippen molar-refractivity contribution in [2.45, 2.75) is 19.8 Å². The number of phenolic OH excluding ortho intramolecular Hbond substituents is 1. The monoisotopic (exact) mass is 362 g/mol. The molecule has 4 heteroatoms. The molecule has 0 heterocycles. The number of benzene rings is 3. The van der Waals surface area contributed by atoms with Crippen LogP contribution in [0, 0.1) is 0 Å². The van der Waals surface area contributed by atoms with Gasteiger partial charge in [0.05, 0.1) is 12.2 Å². The van der Waals surface area contributed by atoms with Crippen LogP contribution in [-0.2, 0) is 12.8 Å². The predicted molar refractivity (Wildman–Crippen MR) is 105 cm³/mol. The molecule has 1 N–H and O–H groups in total. The Morgan fingerprint density at radius 2 is 1.30 bits per heavy atom. The summed E-state index contributed by atoms with van der Waals surface area (Å²) in [7, 11) is 0. The third-order valence-corrected chi connectivity index (χ3v) is 4.17. The molecular weight excluding hydrogens is 340 g/mol. The highest BCUT2D eigenvalue weighted by atomic mass is 16.5. The minimum Gasteiger partial charge on any atom is -0.508 e. The zero-order chi connectivity index (χ0) is 19.1. The van der Waals surface area contributed by atoms with Crippen molar-refractivity contribution in [3.8, 4) is 17.2 Å². The van der Waals surface area contributed by atoms with Gasteiger partial charge in [0.25, 0.3) is 0 Å². The minimum atomic E-state index is -0.418. The fourth-order valence-electron chi connectivity index (χ4n) is 2.70. The molecule has 27 heavy (non-hydrogen) atoms. The molecule has 0 radical (unpaired) electrons. The lowest BCUT2D eigenvalue weighted by atomic mass is 10.0. The average molecular weight is 362 g/mol. The van der Waals surface area contributed by atoms with Crippen LogP contribution in [-0.4, -0.2) is 17.7 Å². The second-order valence-corrected chi connectivity index (χ2v) is 6.16. The number of hydrogen-bond donors (Lipinski definition) is 1. The van der Waals surface area contributed by atoms with E-state index in [1.165, 1.54) is 17.7 Å². The normalized spacial score (nSPS) is 10.4. The van der Waals surface area contributed by atoms with E-state index in [0.29, 0.717) is 17.9 Å². The maximum absolute atomic E-state index is 12.2. The summed E-state index contributed by atoms with van der Waals surface area (Å²) in [6.07, 6.45) is 1.81. The smallest absolute Gasteiger partial charge is 0.343 e. The molecule has 0 amide bonds. The number of aryl methyl sites for hydroxylation is 2. The first kappa shape index (κ1) is 18.5. The topological polar surface area (TPSA) is 55.8 Å². The molecule has 3 rings (SSSR count). The van der Waals surface area contributed by atoms with Crippen molar-refractivity contribution in [3.05, 3.63) is 89.5 Å². The summed E-state index contributed by atoms with van der Waals surface area (Å²) in [4.78, 5) is 12.2. The Bertz CT molecular complexity index is 866. The second kappa shape index (κ2) is 8.90. The van der Waals surface area contributed by atoms with E-state index in [-0.39, 0.29) is 5.75 Å². The van der Waals surface area contributed by atoms with Gasteiger partial charge in [-0.2, -0.15) is 0 Å². The van der Waals surface area contributed by atoms with Gasteiger partial charge in [-0.15, -0.1) is 0 Å². The highest BCUT2D eigenvalue weighted by Crippen LogP contribution is 2.18. The van der Waals surface area contributed by atoms with Crippen LogP contribution >= 0.6 is 0 Å². The van der Waals surface area contributed by atoms with E-state index in [1.807, 2.05) is 31.2 Å². The van der Waals surface area contributed by atoms with Crippen molar-refractivity contribution in [1.29, 1.82) is 0 Å². The molecule has 3 aromatic rings. The van der Waals surface area contributed by atoms with Gasteiger partial charge in [-0.25, -0.2) is 4.79 Å². The van der Waals surface area contributed by atoms with Crippen LogP contribution in [0.4, 0.5) is 0 Å². The fraction of sp³-hybridized carbons (Fsp3) is 0.174. The summed E-state index contributed by atoms with van der Waals surface area (Å²) >= 11 is 0. The van der Waals surface area contributed by atoms with Gasteiger partial charge in [-0.3, -0.25) is 0 Å². The van der Waals surface area contributed by atoms with Crippen LogP contribution in [0.1, 0.15) is 28.4 Å². The summed E-state index contributed by atoms with van der Waals surface area (Å²) in [5.74, 6) is 1.00. The van der Waals surface area contributed by atoms with Crippen LogP contribution in [0.25, 0.3) is 0 Å². The lowest BCUT2D eigenvalue weighted by Gasteiger charge is -2.07. The molecule has 0 aliphatic rings. The number of ether oxygens (including phenoxy) is 2. The van der Waals surface area contributed by atoms with E-state index in [9.17, 15) is 9.90 Å². The lowest BCUT2D eigenvalue weighted by molar-refractivity contribution is 0.0734. The molecule has 138 valence electrons. The Labute approximate surface area is 159 Å². The first-order valence-corrected chi connectivity index (χ1v) is 8.96. The zero-order valence-corrected chi connectivity index (χ0v) is 15.2. The van der Waals surface area contributed by atoms with Gasteiger partial charge in [0.15, 0.2) is 0 Å². The van der Waals surface area contributed by atoms with Crippen LogP contribution in [0.2, 0.25) is 0 Å². The Balaban J connectivity index is 1.54. The molecule has 0 unspecified atom stereocenters. The van der Waals surface area contributed by atoms with Gasteiger partial charge in [0, 0.05) is 0 Å². The fourth-order valence-corrected chi connectivity index (χ4v) is 2.70. The molecule has 0 aliphatic carbocycles. The number of carbonyl (C=O) groups is 1. The molecule has 3 aromatic carbocycles. The molecule has 0 spiro atoms. The zero-order valence-electron chi connectivity index (χ0n) is 15.2. The second-order valence-electron chi connectivity index (χ2n) is 6.16. The van der Waals surface area contributed by atoms with Crippen molar-refractivity contribution in [2.75, 3.05) is 6.61 Å². The van der Waals surface area contributed by atoms with E-state index >= 15 is 0 Å². The van der Waals surface area contributed by atoms with Gasteiger partial charge in [0.1, 0.15) is 17.2 Å². The number of carbonyl (C=O) groups excluding carboxylic acids is 1. The minimum absolute atomic E-state index is 0.131. The molecule has 0 bridgehead atoms. The van der Waals surface area contributed by atoms with Crippen molar-refractivity contribution >= 4 is 5.97 Å². The summed E-state index contributed by atoms with van der Waals surface area (Å²) in [5, 5.41) is 9.26. The lowest BCUT2D eigenvalue weighted by Crippen LogP contribution is -2.08. The van der Waals surface area contributed by atoms with E-state index in [4.69, 9.17) is 9.47 Å². The van der Waals surface area contributed by atoms with Crippen LogP contribution in [0.3, 0.4) is 0 Å². The van der Waals surface area contributed by atoms with E-state index in [2.05, 4.69) is 12.1 Å². The van der Waals surface area contributed by atoms with E-state index in [1.54, 1.807) is 24.3 Å².